The molecule has 0 spiro atoms. The maximum absolute atomic E-state index is 12.3. The number of carbonyl (C=O) groups is 2. The summed E-state index contributed by atoms with van der Waals surface area (Å²) >= 11 is 0. The fraction of sp³-hybridized carbons (Fsp3) is 0.818. The van der Waals surface area contributed by atoms with E-state index >= 15 is 0 Å². The molecule has 2 atom stereocenters. The Kier molecular flexibility index (Phi) is 4.47. The highest BCUT2D eigenvalue weighted by atomic mass is 16.5. The first kappa shape index (κ1) is 13.9. The highest BCUT2D eigenvalue weighted by Crippen LogP contribution is 2.17. The van der Waals surface area contributed by atoms with Gasteiger partial charge in [-0.05, 0) is 13.3 Å². The van der Waals surface area contributed by atoms with E-state index in [1.54, 1.807) is 6.92 Å². The van der Waals surface area contributed by atoms with Crippen LogP contribution >= 0.6 is 0 Å². The van der Waals surface area contributed by atoms with Gasteiger partial charge in [-0.25, -0.2) is 0 Å². The number of hydrogen-bond acceptors (Lipinski definition) is 4. The third-order valence-corrected chi connectivity index (χ3v) is 2.98. The molecule has 0 radical (unpaired) electrons. The third kappa shape index (κ3) is 3.17. The van der Waals surface area contributed by atoms with Crippen molar-refractivity contribution in [1.82, 2.24) is 4.90 Å². The van der Waals surface area contributed by atoms with Crippen LogP contribution in [0.1, 0.15) is 26.7 Å². The van der Waals surface area contributed by atoms with Crippen LogP contribution in [0.25, 0.3) is 0 Å². The van der Waals surface area contributed by atoms with E-state index in [0.717, 1.165) is 6.42 Å². The lowest BCUT2D eigenvalue weighted by molar-refractivity contribution is -0.151. The van der Waals surface area contributed by atoms with Gasteiger partial charge in [-0.15, -0.1) is 0 Å². The summed E-state index contributed by atoms with van der Waals surface area (Å²) in [6.45, 7) is 4.58. The van der Waals surface area contributed by atoms with E-state index in [2.05, 4.69) is 0 Å². The first-order valence-electron chi connectivity index (χ1n) is 5.87. The molecule has 4 N–H and O–H groups in total. The van der Waals surface area contributed by atoms with Gasteiger partial charge in [0.2, 0.25) is 11.8 Å². The standard InChI is InChI=1S/C11H21N3O3/c1-3-4-11(2,13)10(16)14-5-6-17-7-8(14)9(12)15/h8H,3-7,13H2,1-2H3,(H2,12,15). The summed E-state index contributed by atoms with van der Waals surface area (Å²) in [5, 5.41) is 0. The van der Waals surface area contributed by atoms with Gasteiger partial charge in [0.1, 0.15) is 6.04 Å². The van der Waals surface area contributed by atoms with Gasteiger partial charge in [0.25, 0.3) is 0 Å². The smallest absolute Gasteiger partial charge is 0.243 e. The Balaban J connectivity index is 2.81. The number of nitrogens with two attached hydrogens (primary N) is 2. The quantitative estimate of drug-likeness (QED) is 0.676. The maximum atomic E-state index is 12.3. The van der Waals surface area contributed by atoms with Crippen molar-refractivity contribution >= 4 is 11.8 Å². The molecule has 1 saturated heterocycles. The van der Waals surface area contributed by atoms with Crippen LogP contribution in [0.4, 0.5) is 0 Å². The molecule has 0 aromatic heterocycles. The van der Waals surface area contributed by atoms with E-state index < -0.39 is 17.5 Å². The molecule has 0 aliphatic carbocycles. The van der Waals surface area contributed by atoms with Crippen LogP contribution in [0.5, 0.6) is 0 Å². The van der Waals surface area contributed by atoms with Crippen molar-refractivity contribution in [3.8, 4) is 0 Å². The van der Waals surface area contributed by atoms with Crippen molar-refractivity contribution in [3.63, 3.8) is 0 Å². The van der Waals surface area contributed by atoms with Gasteiger partial charge in [-0.1, -0.05) is 13.3 Å². The molecule has 98 valence electrons. The molecule has 1 aliphatic heterocycles. The van der Waals surface area contributed by atoms with Gasteiger partial charge in [-0.3, -0.25) is 9.59 Å². The van der Waals surface area contributed by atoms with Crippen LogP contribution < -0.4 is 11.5 Å². The lowest BCUT2D eigenvalue weighted by atomic mass is 9.94. The van der Waals surface area contributed by atoms with Gasteiger partial charge in [-0.2, -0.15) is 0 Å². The molecule has 6 nitrogen and oxygen atoms in total. The van der Waals surface area contributed by atoms with Crippen LogP contribution in [0, 0.1) is 0 Å². The average Bonchev–Trinajstić information content (AvgIpc) is 2.28. The second kappa shape index (κ2) is 5.46. The second-order valence-electron chi connectivity index (χ2n) is 4.66. The fourth-order valence-corrected chi connectivity index (χ4v) is 2.04. The van der Waals surface area contributed by atoms with Crippen molar-refractivity contribution in [1.29, 1.82) is 0 Å². The first-order valence-corrected chi connectivity index (χ1v) is 5.87. The largest absolute Gasteiger partial charge is 0.377 e. The number of primary amides is 1. The normalized spacial score (nSPS) is 24.2. The van der Waals surface area contributed by atoms with Crippen LogP contribution in [-0.4, -0.2) is 48.1 Å². The molecule has 6 heteroatoms. The summed E-state index contributed by atoms with van der Waals surface area (Å²) in [5.41, 5.74) is 10.3. The second-order valence-corrected chi connectivity index (χ2v) is 4.66. The molecular weight excluding hydrogens is 222 g/mol. The molecule has 17 heavy (non-hydrogen) atoms. The minimum Gasteiger partial charge on any atom is -0.377 e. The van der Waals surface area contributed by atoms with E-state index in [-0.39, 0.29) is 12.5 Å². The lowest BCUT2D eigenvalue weighted by Gasteiger charge is -2.38. The Hall–Kier alpha value is -1.14. The van der Waals surface area contributed by atoms with Gasteiger partial charge in [0.15, 0.2) is 0 Å². The van der Waals surface area contributed by atoms with Crippen molar-refractivity contribution in [2.75, 3.05) is 19.8 Å². The molecule has 1 rings (SSSR count). The van der Waals surface area contributed by atoms with Crippen LogP contribution in [0.2, 0.25) is 0 Å². The number of nitrogens with zero attached hydrogens (tertiary/aromatic N) is 1. The topological polar surface area (TPSA) is 98.7 Å². The molecule has 0 bridgehead atoms. The summed E-state index contributed by atoms with van der Waals surface area (Å²) in [4.78, 5) is 25.0. The molecular formula is C11H21N3O3. The maximum Gasteiger partial charge on any atom is 0.243 e. The predicted molar refractivity (Wildman–Crippen MR) is 63.0 cm³/mol. The van der Waals surface area contributed by atoms with E-state index in [4.69, 9.17) is 16.2 Å². The number of ether oxygens (including phenoxy) is 1. The molecule has 2 amide bonds. The number of hydrogen-bond donors (Lipinski definition) is 2. The molecule has 1 aliphatic rings. The molecule has 0 aromatic rings. The van der Waals surface area contributed by atoms with Crippen LogP contribution in [-0.2, 0) is 14.3 Å². The zero-order valence-corrected chi connectivity index (χ0v) is 10.4. The van der Waals surface area contributed by atoms with Gasteiger partial charge >= 0.3 is 0 Å². The summed E-state index contributed by atoms with van der Waals surface area (Å²) in [5.74, 6) is -0.781. The monoisotopic (exact) mass is 243 g/mol. The Bertz CT molecular complexity index is 304. The SMILES string of the molecule is CCCC(C)(N)C(=O)N1CCOCC1C(N)=O. The summed E-state index contributed by atoms with van der Waals surface area (Å²) in [6.07, 6.45) is 1.39. The van der Waals surface area contributed by atoms with Gasteiger partial charge in [0.05, 0.1) is 18.8 Å². The predicted octanol–water partition coefficient (Wildman–Crippen LogP) is -0.783. The summed E-state index contributed by atoms with van der Waals surface area (Å²) in [6, 6.07) is -0.698. The highest BCUT2D eigenvalue weighted by Gasteiger charge is 2.38. The molecule has 0 aromatic carbocycles. The first-order chi connectivity index (χ1) is 7.90. The number of morpholine rings is 1. The summed E-state index contributed by atoms with van der Waals surface area (Å²) < 4.78 is 5.16. The average molecular weight is 243 g/mol. The Morgan fingerprint density at radius 1 is 1.53 bits per heavy atom. The van der Waals surface area contributed by atoms with Crippen LogP contribution in [0.3, 0.4) is 0 Å². The molecule has 0 saturated carbocycles. The number of amides is 2. The Labute approximate surface area is 101 Å². The fourth-order valence-electron chi connectivity index (χ4n) is 2.04. The van der Waals surface area contributed by atoms with Gasteiger partial charge < -0.3 is 21.1 Å². The lowest BCUT2D eigenvalue weighted by Crippen LogP contribution is -2.62. The van der Waals surface area contributed by atoms with E-state index in [1.165, 1.54) is 4.90 Å². The van der Waals surface area contributed by atoms with Gasteiger partial charge in [0, 0.05) is 6.54 Å². The van der Waals surface area contributed by atoms with E-state index in [9.17, 15) is 9.59 Å². The number of carbonyl (C=O) groups excluding carboxylic acids is 2. The third-order valence-electron chi connectivity index (χ3n) is 2.98. The Morgan fingerprint density at radius 2 is 2.18 bits per heavy atom. The van der Waals surface area contributed by atoms with Crippen molar-refractivity contribution in [2.45, 2.75) is 38.3 Å². The molecule has 1 fully saturated rings. The van der Waals surface area contributed by atoms with Crippen molar-refractivity contribution < 1.29 is 14.3 Å². The Morgan fingerprint density at radius 3 is 2.71 bits per heavy atom. The highest BCUT2D eigenvalue weighted by molar-refractivity contribution is 5.91. The zero-order valence-electron chi connectivity index (χ0n) is 10.4. The minimum atomic E-state index is -0.945. The molecule has 1 heterocycles. The van der Waals surface area contributed by atoms with E-state index in [0.29, 0.717) is 19.6 Å². The molecule has 2 unspecified atom stereocenters. The van der Waals surface area contributed by atoms with E-state index in [1.807, 2.05) is 6.92 Å². The zero-order chi connectivity index (χ0) is 13.1. The minimum absolute atomic E-state index is 0.156. The van der Waals surface area contributed by atoms with Crippen LogP contribution in [0.15, 0.2) is 0 Å². The van der Waals surface area contributed by atoms with Crippen molar-refractivity contribution in [2.24, 2.45) is 11.5 Å². The number of rotatable bonds is 4. The summed E-state index contributed by atoms with van der Waals surface area (Å²) in [7, 11) is 0. The van der Waals surface area contributed by atoms with Crippen molar-refractivity contribution in [3.05, 3.63) is 0 Å².